The van der Waals surface area contributed by atoms with E-state index in [1.54, 1.807) is 25.1 Å². The third-order valence-electron chi connectivity index (χ3n) is 6.41. The van der Waals surface area contributed by atoms with Gasteiger partial charge in [0, 0.05) is 55.3 Å². The van der Waals surface area contributed by atoms with Gasteiger partial charge < -0.3 is 18.7 Å². The molecular formula is C26H30N6O2S. The third kappa shape index (κ3) is 5.41. The SMILES string of the molecule is COc1ccc(-c2nnc(SCCCN3CCc4ccc(-c5cc(C)on5)cc4CC3)n2C)cn1. The van der Waals surface area contributed by atoms with Crippen LogP contribution in [0.3, 0.4) is 0 Å². The summed E-state index contributed by atoms with van der Waals surface area (Å²) < 4.78 is 12.4. The number of thioether (sulfide) groups is 1. The highest BCUT2D eigenvalue weighted by Crippen LogP contribution is 2.26. The predicted octanol–water partition coefficient (Wildman–Crippen LogP) is 4.43. The summed E-state index contributed by atoms with van der Waals surface area (Å²) >= 11 is 1.75. The fourth-order valence-corrected chi connectivity index (χ4v) is 5.27. The molecule has 5 rings (SSSR count). The lowest BCUT2D eigenvalue weighted by molar-refractivity contribution is 0.289. The van der Waals surface area contributed by atoms with Gasteiger partial charge in [-0.3, -0.25) is 0 Å². The Hall–Kier alpha value is -3.17. The van der Waals surface area contributed by atoms with Gasteiger partial charge in [0.05, 0.1) is 7.11 Å². The summed E-state index contributed by atoms with van der Waals surface area (Å²) in [7, 11) is 3.61. The second-order valence-corrected chi connectivity index (χ2v) is 9.87. The summed E-state index contributed by atoms with van der Waals surface area (Å²) in [6.45, 7) is 5.19. The van der Waals surface area contributed by atoms with E-state index in [1.165, 1.54) is 11.1 Å². The molecule has 0 saturated heterocycles. The van der Waals surface area contributed by atoms with Crippen LogP contribution >= 0.6 is 11.8 Å². The monoisotopic (exact) mass is 490 g/mol. The fraction of sp³-hybridized carbons (Fsp3) is 0.385. The minimum absolute atomic E-state index is 0.590. The molecule has 0 spiro atoms. The molecule has 0 bridgehead atoms. The summed E-state index contributed by atoms with van der Waals surface area (Å²) in [5.74, 6) is 3.25. The predicted molar refractivity (Wildman–Crippen MR) is 137 cm³/mol. The van der Waals surface area contributed by atoms with Gasteiger partial charge in [-0.05, 0) is 56.0 Å². The van der Waals surface area contributed by atoms with Crippen molar-refractivity contribution in [3.8, 4) is 28.5 Å². The Bertz CT molecular complexity index is 1280. The molecular weight excluding hydrogens is 460 g/mol. The van der Waals surface area contributed by atoms with E-state index in [0.717, 1.165) is 78.2 Å². The number of nitrogens with zero attached hydrogens (tertiary/aromatic N) is 6. The average Bonchev–Trinajstić information content (AvgIpc) is 3.42. The highest BCUT2D eigenvalue weighted by molar-refractivity contribution is 7.99. The Kier molecular flexibility index (Phi) is 7.15. The summed E-state index contributed by atoms with van der Waals surface area (Å²) in [5, 5.41) is 13.9. The van der Waals surface area contributed by atoms with E-state index >= 15 is 0 Å². The number of methoxy groups -OCH3 is 1. The van der Waals surface area contributed by atoms with Gasteiger partial charge in [-0.15, -0.1) is 10.2 Å². The van der Waals surface area contributed by atoms with Crippen molar-refractivity contribution in [2.75, 3.05) is 32.5 Å². The van der Waals surface area contributed by atoms with Crippen molar-refractivity contribution in [2.45, 2.75) is 31.3 Å². The number of ether oxygens (including phenoxy) is 1. The number of aromatic nitrogens is 5. The quantitative estimate of drug-likeness (QED) is 0.265. The Balaban J connectivity index is 1.12. The van der Waals surface area contributed by atoms with Crippen molar-refractivity contribution >= 4 is 11.8 Å². The van der Waals surface area contributed by atoms with Gasteiger partial charge in [-0.2, -0.15) is 0 Å². The fourth-order valence-electron chi connectivity index (χ4n) is 4.43. The van der Waals surface area contributed by atoms with Crippen molar-refractivity contribution in [3.05, 3.63) is 59.5 Å². The molecule has 9 heteroatoms. The van der Waals surface area contributed by atoms with Crippen molar-refractivity contribution in [1.82, 2.24) is 29.8 Å². The first-order chi connectivity index (χ1) is 17.1. The van der Waals surface area contributed by atoms with E-state index in [2.05, 4.69) is 43.4 Å². The Morgan fingerprint density at radius 3 is 2.60 bits per heavy atom. The summed E-state index contributed by atoms with van der Waals surface area (Å²) in [6, 6.07) is 12.5. The standard InChI is InChI=1S/C26H30N6O2S/c1-18-15-23(30-34-18)21-6-5-19-9-12-32(13-10-20(19)16-21)11-4-14-35-26-29-28-25(31(26)2)22-7-8-24(33-3)27-17-22/h5-8,15-17H,4,9-14H2,1-3H3. The maximum atomic E-state index is 5.25. The van der Waals surface area contributed by atoms with Crippen LogP contribution in [-0.4, -0.2) is 62.3 Å². The van der Waals surface area contributed by atoms with E-state index < -0.39 is 0 Å². The van der Waals surface area contributed by atoms with Gasteiger partial charge in [0.25, 0.3) is 0 Å². The molecule has 3 aromatic heterocycles. The molecule has 0 radical (unpaired) electrons. The van der Waals surface area contributed by atoms with Gasteiger partial charge in [0.2, 0.25) is 5.88 Å². The zero-order chi connectivity index (χ0) is 24.2. The minimum Gasteiger partial charge on any atom is -0.481 e. The smallest absolute Gasteiger partial charge is 0.212 e. The van der Waals surface area contributed by atoms with Crippen LogP contribution in [0.2, 0.25) is 0 Å². The molecule has 0 atom stereocenters. The number of rotatable bonds is 8. The maximum absolute atomic E-state index is 5.25. The van der Waals surface area contributed by atoms with Gasteiger partial charge >= 0.3 is 0 Å². The molecule has 0 N–H and O–H groups in total. The van der Waals surface area contributed by atoms with E-state index in [-0.39, 0.29) is 0 Å². The number of hydrogen-bond donors (Lipinski definition) is 0. The lowest BCUT2D eigenvalue weighted by Crippen LogP contribution is -2.27. The molecule has 0 amide bonds. The van der Waals surface area contributed by atoms with Crippen molar-refractivity contribution < 1.29 is 9.26 Å². The molecule has 1 aliphatic rings. The minimum atomic E-state index is 0.590. The van der Waals surface area contributed by atoms with E-state index in [0.29, 0.717) is 5.88 Å². The van der Waals surface area contributed by atoms with E-state index in [1.807, 2.05) is 36.7 Å². The van der Waals surface area contributed by atoms with Crippen LogP contribution < -0.4 is 4.74 Å². The van der Waals surface area contributed by atoms with Gasteiger partial charge in [-0.25, -0.2) is 4.98 Å². The molecule has 4 aromatic rings. The molecule has 1 aliphatic heterocycles. The van der Waals surface area contributed by atoms with Crippen molar-refractivity contribution in [2.24, 2.45) is 7.05 Å². The largest absolute Gasteiger partial charge is 0.481 e. The van der Waals surface area contributed by atoms with Crippen LogP contribution in [0.5, 0.6) is 5.88 Å². The summed E-state index contributed by atoms with van der Waals surface area (Å²) in [4.78, 5) is 6.85. The third-order valence-corrected chi connectivity index (χ3v) is 7.52. The van der Waals surface area contributed by atoms with Gasteiger partial charge in [0.1, 0.15) is 11.5 Å². The van der Waals surface area contributed by atoms with Crippen LogP contribution in [0.1, 0.15) is 23.3 Å². The maximum Gasteiger partial charge on any atom is 0.212 e. The second-order valence-electron chi connectivity index (χ2n) is 8.80. The number of hydrogen-bond acceptors (Lipinski definition) is 8. The highest BCUT2D eigenvalue weighted by atomic mass is 32.2. The van der Waals surface area contributed by atoms with Crippen molar-refractivity contribution in [1.29, 1.82) is 0 Å². The van der Waals surface area contributed by atoms with Crippen LogP contribution in [0.4, 0.5) is 0 Å². The molecule has 182 valence electrons. The number of fused-ring (bicyclic) bond motifs is 1. The lowest BCUT2D eigenvalue weighted by Gasteiger charge is -2.19. The molecule has 0 saturated carbocycles. The summed E-state index contributed by atoms with van der Waals surface area (Å²) in [6.07, 6.45) is 5.03. The van der Waals surface area contributed by atoms with Crippen molar-refractivity contribution in [3.63, 3.8) is 0 Å². The first kappa shape index (κ1) is 23.6. The zero-order valence-corrected chi connectivity index (χ0v) is 21.2. The van der Waals surface area contributed by atoms with Gasteiger partial charge in [0.15, 0.2) is 11.0 Å². The Labute approximate surface area is 209 Å². The number of benzene rings is 1. The van der Waals surface area contributed by atoms with Crippen LogP contribution in [0.25, 0.3) is 22.6 Å². The molecule has 1 aromatic carbocycles. The Morgan fingerprint density at radius 2 is 1.86 bits per heavy atom. The molecule has 0 unspecified atom stereocenters. The summed E-state index contributed by atoms with van der Waals surface area (Å²) in [5.41, 5.74) is 5.86. The van der Waals surface area contributed by atoms with Crippen LogP contribution in [-0.2, 0) is 19.9 Å². The van der Waals surface area contributed by atoms with Crippen LogP contribution in [0.15, 0.2) is 52.3 Å². The topological polar surface area (TPSA) is 82.1 Å². The highest BCUT2D eigenvalue weighted by Gasteiger charge is 2.16. The van der Waals surface area contributed by atoms with E-state index in [4.69, 9.17) is 9.26 Å². The molecule has 4 heterocycles. The first-order valence-electron chi connectivity index (χ1n) is 11.9. The molecule has 35 heavy (non-hydrogen) atoms. The Morgan fingerprint density at radius 1 is 1.03 bits per heavy atom. The zero-order valence-electron chi connectivity index (χ0n) is 20.4. The first-order valence-corrected chi connectivity index (χ1v) is 12.9. The molecule has 0 fully saturated rings. The normalized spacial score (nSPS) is 14.0. The number of pyridine rings is 1. The van der Waals surface area contributed by atoms with Crippen LogP contribution in [0, 0.1) is 6.92 Å². The molecule has 0 aliphatic carbocycles. The molecule has 8 nitrogen and oxygen atoms in total. The number of aryl methyl sites for hydroxylation is 1. The lowest BCUT2D eigenvalue weighted by atomic mass is 9.99. The van der Waals surface area contributed by atoms with E-state index in [9.17, 15) is 0 Å². The van der Waals surface area contributed by atoms with Gasteiger partial charge in [-0.1, -0.05) is 29.1 Å². The second kappa shape index (κ2) is 10.6. The average molecular weight is 491 g/mol.